The third kappa shape index (κ3) is 5.09. The van der Waals surface area contributed by atoms with Gasteiger partial charge < -0.3 is 14.4 Å². The standard InChI is InChI=1S/C23H29N3O3S/c1-5-25(6-2)14-15-26(22(27)17-8-10-18(11-9-17)29-7-3)23-24-20-13-12-19(28-4)16-21(20)30-23/h8-13,16H,5-7,14-15H2,1-4H3. The number of carbonyl (C=O) groups is 1. The third-order valence-corrected chi connectivity index (χ3v) is 6.05. The van der Waals surface area contributed by atoms with Crippen LogP contribution in [0.5, 0.6) is 11.5 Å². The Morgan fingerprint density at radius 1 is 1.00 bits per heavy atom. The first-order valence-corrected chi connectivity index (χ1v) is 11.1. The van der Waals surface area contributed by atoms with E-state index in [1.165, 1.54) is 11.3 Å². The van der Waals surface area contributed by atoms with Crippen LogP contribution in [0, 0.1) is 0 Å². The van der Waals surface area contributed by atoms with E-state index in [1.54, 1.807) is 12.0 Å². The lowest BCUT2D eigenvalue weighted by Crippen LogP contribution is -2.38. The zero-order valence-electron chi connectivity index (χ0n) is 18.1. The lowest BCUT2D eigenvalue weighted by atomic mass is 10.2. The van der Waals surface area contributed by atoms with Gasteiger partial charge >= 0.3 is 0 Å². The number of rotatable bonds is 10. The number of thiazole rings is 1. The molecule has 0 atom stereocenters. The monoisotopic (exact) mass is 427 g/mol. The van der Waals surface area contributed by atoms with Crippen LogP contribution >= 0.6 is 11.3 Å². The number of amides is 1. The van der Waals surface area contributed by atoms with Gasteiger partial charge in [0.05, 0.1) is 23.9 Å². The number of nitrogens with zero attached hydrogens (tertiary/aromatic N) is 3. The second-order valence-electron chi connectivity index (χ2n) is 6.77. The number of aromatic nitrogens is 1. The molecule has 0 radical (unpaired) electrons. The van der Waals surface area contributed by atoms with E-state index in [1.807, 2.05) is 49.4 Å². The molecule has 0 saturated carbocycles. The summed E-state index contributed by atoms with van der Waals surface area (Å²) >= 11 is 1.51. The molecule has 1 aromatic heterocycles. The van der Waals surface area contributed by atoms with E-state index >= 15 is 0 Å². The Balaban J connectivity index is 1.92. The minimum absolute atomic E-state index is 0.0591. The van der Waals surface area contributed by atoms with Crippen molar-refractivity contribution in [1.29, 1.82) is 0 Å². The number of anilines is 1. The van der Waals surface area contributed by atoms with Crippen molar-refractivity contribution < 1.29 is 14.3 Å². The van der Waals surface area contributed by atoms with E-state index in [-0.39, 0.29) is 5.91 Å². The Bertz CT molecular complexity index is 967. The summed E-state index contributed by atoms with van der Waals surface area (Å²) in [5.41, 5.74) is 1.48. The molecular formula is C23H29N3O3S. The van der Waals surface area contributed by atoms with Crippen molar-refractivity contribution in [3.05, 3.63) is 48.0 Å². The van der Waals surface area contributed by atoms with Crippen molar-refractivity contribution in [2.24, 2.45) is 0 Å². The SMILES string of the molecule is CCOc1ccc(C(=O)N(CCN(CC)CC)c2nc3ccc(OC)cc3s2)cc1. The predicted molar refractivity (Wildman–Crippen MR) is 123 cm³/mol. The van der Waals surface area contributed by atoms with Gasteiger partial charge in [0.1, 0.15) is 11.5 Å². The molecule has 0 bridgehead atoms. The number of likely N-dealkylation sites (N-methyl/N-ethyl adjacent to an activating group) is 1. The van der Waals surface area contributed by atoms with Crippen LogP contribution in [0.2, 0.25) is 0 Å². The van der Waals surface area contributed by atoms with Crippen LogP contribution in [0.15, 0.2) is 42.5 Å². The number of benzene rings is 2. The molecule has 0 aliphatic rings. The van der Waals surface area contributed by atoms with E-state index in [2.05, 4.69) is 18.7 Å². The lowest BCUT2D eigenvalue weighted by molar-refractivity contribution is 0.0983. The highest BCUT2D eigenvalue weighted by molar-refractivity contribution is 7.22. The van der Waals surface area contributed by atoms with Crippen LogP contribution in [0.3, 0.4) is 0 Å². The molecule has 160 valence electrons. The highest BCUT2D eigenvalue weighted by atomic mass is 32.1. The van der Waals surface area contributed by atoms with E-state index in [0.29, 0.717) is 23.8 Å². The van der Waals surface area contributed by atoms with Crippen LogP contribution in [0.4, 0.5) is 5.13 Å². The Hall–Kier alpha value is -2.64. The average Bonchev–Trinajstić information content (AvgIpc) is 3.20. The number of hydrogen-bond donors (Lipinski definition) is 0. The lowest BCUT2D eigenvalue weighted by Gasteiger charge is -2.24. The molecule has 6 nitrogen and oxygen atoms in total. The third-order valence-electron chi connectivity index (χ3n) is 5.01. The fourth-order valence-corrected chi connectivity index (χ4v) is 4.24. The van der Waals surface area contributed by atoms with Gasteiger partial charge in [-0.05, 0) is 62.5 Å². The summed E-state index contributed by atoms with van der Waals surface area (Å²) in [6.45, 7) is 10.0. The summed E-state index contributed by atoms with van der Waals surface area (Å²) in [7, 11) is 1.65. The number of hydrogen-bond acceptors (Lipinski definition) is 6. The van der Waals surface area contributed by atoms with Crippen molar-refractivity contribution in [1.82, 2.24) is 9.88 Å². The van der Waals surface area contributed by atoms with Gasteiger partial charge in [-0.3, -0.25) is 9.69 Å². The second-order valence-corrected chi connectivity index (χ2v) is 7.78. The van der Waals surface area contributed by atoms with Crippen LogP contribution in [0.25, 0.3) is 10.2 Å². The Labute approximate surface area is 182 Å². The topological polar surface area (TPSA) is 54.9 Å². The van der Waals surface area contributed by atoms with Gasteiger partial charge in [-0.15, -0.1) is 0 Å². The number of carbonyl (C=O) groups excluding carboxylic acids is 1. The maximum Gasteiger partial charge on any atom is 0.260 e. The molecule has 7 heteroatoms. The zero-order valence-corrected chi connectivity index (χ0v) is 18.9. The van der Waals surface area contributed by atoms with E-state index in [9.17, 15) is 4.79 Å². The van der Waals surface area contributed by atoms with Crippen molar-refractivity contribution in [3.8, 4) is 11.5 Å². The van der Waals surface area contributed by atoms with Crippen molar-refractivity contribution in [3.63, 3.8) is 0 Å². The Morgan fingerprint density at radius 2 is 1.70 bits per heavy atom. The normalized spacial score (nSPS) is 11.1. The fraction of sp³-hybridized carbons (Fsp3) is 0.391. The molecule has 0 N–H and O–H groups in total. The largest absolute Gasteiger partial charge is 0.497 e. The fourth-order valence-electron chi connectivity index (χ4n) is 3.22. The number of ether oxygens (including phenoxy) is 2. The minimum atomic E-state index is -0.0591. The van der Waals surface area contributed by atoms with E-state index in [0.717, 1.165) is 41.3 Å². The zero-order chi connectivity index (χ0) is 21.5. The molecule has 0 aliphatic heterocycles. The van der Waals surface area contributed by atoms with Gasteiger partial charge in [0.25, 0.3) is 5.91 Å². The predicted octanol–water partition coefficient (Wildman–Crippen LogP) is 4.69. The highest BCUT2D eigenvalue weighted by Gasteiger charge is 2.22. The first kappa shape index (κ1) is 22.1. The second kappa shape index (κ2) is 10.4. The summed E-state index contributed by atoms with van der Waals surface area (Å²) < 4.78 is 11.8. The van der Waals surface area contributed by atoms with Crippen LogP contribution in [-0.2, 0) is 0 Å². The summed E-state index contributed by atoms with van der Waals surface area (Å²) in [4.78, 5) is 22.2. The van der Waals surface area contributed by atoms with Gasteiger partial charge in [0.15, 0.2) is 5.13 Å². The summed E-state index contributed by atoms with van der Waals surface area (Å²) in [6.07, 6.45) is 0. The van der Waals surface area contributed by atoms with Crippen molar-refractivity contribution in [2.45, 2.75) is 20.8 Å². The molecule has 2 aromatic carbocycles. The number of fused-ring (bicyclic) bond motifs is 1. The van der Waals surface area contributed by atoms with Gasteiger partial charge in [-0.1, -0.05) is 25.2 Å². The molecule has 0 saturated heterocycles. The smallest absolute Gasteiger partial charge is 0.260 e. The van der Waals surface area contributed by atoms with Crippen LogP contribution in [0.1, 0.15) is 31.1 Å². The first-order valence-electron chi connectivity index (χ1n) is 10.3. The Kier molecular flexibility index (Phi) is 7.65. The van der Waals surface area contributed by atoms with Gasteiger partial charge in [0.2, 0.25) is 0 Å². The maximum absolute atomic E-state index is 13.4. The van der Waals surface area contributed by atoms with Crippen molar-refractivity contribution in [2.75, 3.05) is 44.8 Å². The molecule has 0 spiro atoms. The molecular weight excluding hydrogens is 398 g/mol. The van der Waals surface area contributed by atoms with Crippen LogP contribution in [-0.4, -0.2) is 55.7 Å². The molecule has 0 aliphatic carbocycles. The van der Waals surface area contributed by atoms with Crippen molar-refractivity contribution >= 4 is 32.6 Å². The quantitative estimate of drug-likeness (QED) is 0.470. The van der Waals surface area contributed by atoms with Gasteiger partial charge in [-0.2, -0.15) is 0 Å². The van der Waals surface area contributed by atoms with E-state index in [4.69, 9.17) is 14.5 Å². The average molecular weight is 428 g/mol. The van der Waals surface area contributed by atoms with Gasteiger partial charge in [-0.25, -0.2) is 4.98 Å². The minimum Gasteiger partial charge on any atom is -0.497 e. The van der Waals surface area contributed by atoms with Crippen LogP contribution < -0.4 is 14.4 Å². The summed E-state index contributed by atoms with van der Waals surface area (Å²) in [5, 5.41) is 0.698. The molecule has 1 heterocycles. The number of methoxy groups -OCH3 is 1. The van der Waals surface area contributed by atoms with E-state index < -0.39 is 0 Å². The maximum atomic E-state index is 13.4. The molecule has 30 heavy (non-hydrogen) atoms. The molecule has 0 unspecified atom stereocenters. The highest BCUT2D eigenvalue weighted by Crippen LogP contribution is 2.32. The molecule has 3 rings (SSSR count). The Morgan fingerprint density at radius 3 is 2.33 bits per heavy atom. The molecule has 3 aromatic rings. The summed E-state index contributed by atoms with van der Waals surface area (Å²) in [6, 6.07) is 13.1. The first-order chi connectivity index (χ1) is 14.6. The molecule has 0 fully saturated rings. The summed E-state index contributed by atoms with van der Waals surface area (Å²) in [5.74, 6) is 1.48. The van der Waals surface area contributed by atoms with Gasteiger partial charge in [0, 0.05) is 18.7 Å². The molecule has 1 amide bonds.